The fourth-order valence-corrected chi connectivity index (χ4v) is 6.16. The Bertz CT molecular complexity index is 1440. The van der Waals surface area contributed by atoms with Crippen LogP contribution < -0.4 is 15.4 Å². The van der Waals surface area contributed by atoms with Crippen LogP contribution in [-0.2, 0) is 29.8 Å². The molecule has 3 unspecified atom stereocenters. The van der Waals surface area contributed by atoms with Gasteiger partial charge in [-0.25, -0.2) is 13.1 Å². The van der Waals surface area contributed by atoms with Crippen LogP contribution in [0.15, 0.2) is 71.1 Å². The van der Waals surface area contributed by atoms with E-state index in [-0.39, 0.29) is 28.2 Å². The van der Waals surface area contributed by atoms with Crippen LogP contribution in [0.25, 0.3) is 0 Å². The monoisotopic (exact) mass is 626 g/mol. The van der Waals surface area contributed by atoms with E-state index in [2.05, 4.69) is 15.4 Å². The molecule has 0 aromatic heterocycles. The third-order valence-electron chi connectivity index (χ3n) is 8.01. The molecule has 0 saturated heterocycles. The zero-order valence-electron chi connectivity index (χ0n) is 28.0. The van der Waals surface area contributed by atoms with Crippen LogP contribution in [0.4, 0.5) is 0 Å². The lowest BCUT2D eigenvalue weighted by atomic mass is 9.76. The van der Waals surface area contributed by atoms with Crippen LogP contribution in [0.3, 0.4) is 0 Å². The molecule has 2 rings (SSSR count). The van der Waals surface area contributed by atoms with Gasteiger partial charge in [-0.1, -0.05) is 103 Å². The number of nitrogens with zero attached hydrogens (tertiary/aromatic N) is 1. The second kappa shape index (κ2) is 14.5. The van der Waals surface area contributed by atoms with Crippen molar-refractivity contribution in [3.63, 3.8) is 0 Å². The summed E-state index contributed by atoms with van der Waals surface area (Å²) in [5, 5.41) is 6.15. The van der Waals surface area contributed by atoms with E-state index in [1.807, 2.05) is 85.7 Å². The Kier molecular flexibility index (Phi) is 12.1. The summed E-state index contributed by atoms with van der Waals surface area (Å²) in [6, 6.07) is 13.8. The molecule has 44 heavy (non-hydrogen) atoms. The maximum Gasteiger partial charge on any atom is 0.264 e. The number of nitrogens with one attached hydrogen (secondary N) is 3. The highest BCUT2D eigenvalue weighted by Crippen LogP contribution is 2.29. The largest absolute Gasteiger partial charge is 0.342 e. The van der Waals surface area contributed by atoms with E-state index >= 15 is 0 Å². The molecule has 0 fully saturated rings. The maximum atomic E-state index is 14.1. The molecule has 2 aromatic carbocycles. The van der Waals surface area contributed by atoms with Crippen LogP contribution in [0.1, 0.15) is 66.5 Å². The zero-order chi connectivity index (χ0) is 33.6. The molecule has 0 spiro atoms. The van der Waals surface area contributed by atoms with Gasteiger partial charge in [-0.05, 0) is 49.9 Å². The molecule has 3 amide bonds. The molecule has 242 valence electrons. The lowest BCUT2D eigenvalue weighted by Crippen LogP contribution is -2.61. The molecular weight excluding hydrogens is 576 g/mol. The van der Waals surface area contributed by atoms with Crippen LogP contribution in [0.5, 0.6) is 0 Å². The summed E-state index contributed by atoms with van der Waals surface area (Å²) in [4.78, 5) is 42.3. The van der Waals surface area contributed by atoms with Gasteiger partial charge in [-0.2, -0.15) is 0 Å². The van der Waals surface area contributed by atoms with E-state index in [4.69, 9.17) is 0 Å². The van der Waals surface area contributed by atoms with Crippen LogP contribution in [0.2, 0.25) is 0 Å². The first-order chi connectivity index (χ1) is 20.2. The summed E-state index contributed by atoms with van der Waals surface area (Å²) in [7, 11) is -0.723. The Labute approximate surface area is 263 Å². The van der Waals surface area contributed by atoms with Crippen molar-refractivity contribution in [1.82, 2.24) is 20.3 Å². The predicted octanol–water partition coefficient (Wildman–Crippen LogP) is 4.33. The van der Waals surface area contributed by atoms with Gasteiger partial charge < -0.3 is 15.5 Å². The molecule has 0 aliphatic rings. The van der Waals surface area contributed by atoms with Crippen molar-refractivity contribution in [3.8, 4) is 0 Å². The van der Waals surface area contributed by atoms with Crippen molar-refractivity contribution in [3.05, 3.63) is 77.4 Å². The quantitative estimate of drug-likeness (QED) is 0.302. The fourth-order valence-electron chi connectivity index (χ4n) is 5.14. The number of benzene rings is 2. The normalized spacial score (nSPS) is 14.9. The van der Waals surface area contributed by atoms with E-state index < -0.39 is 44.9 Å². The number of rotatable bonds is 12. The van der Waals surface area contributed by atoms with Crippen LogP contribution in [-0.4, -0.2) is 63.3 Å². The average Bonchev–Trinajstić information content (AvgIpc) is 2.93. The molecule has 3 atom stereocenters. The fraction of sp³-hybridized carbons (Fsp3) is 0.500. The lowest BCUT2D eigenvalue weighted by Gasteiger charge is -2.40. The molecule has 0 bridgehead atoms. The van der Waals surface area contributed by atoms with Gasteiger partial charge in [0.15, 0.2) is 0 Å². The smallest absolute Gasteiger partial charge is 0.264 e. The van der Waals surface area contributed by atoms with Gasteiger partial charge in [-0.3, -0.25) is 14.4 Å². The number of amides is 3. The van der Waals surface area contributed by atoms with Gasteiger partial charge in [0.25, 0.3) is 15.9 Å². The van der Waals surface area contributed by atoms with Gasteiger partial charge in [-0.15, -0.1) is 0 Å². The molecule has 0 heterocycles. The molecule has 0 aliphatic heterocycles. The third-order valence-corrected chi connectivity index (χ3v) is 9.35. The summed E-state index contributed by atoms with van der Waals surface area (Å²) in [6.45, 7) is 16.8. The van der Waals surface area contributed by atoms with Gasteiger partial charge in [0, 0.05) is 18.0 Å². The zero-order valence-corrected chi connectivity index (χ0v) is 28.8. The highest BCUT2D eigenvalue weighted by molar-refractivity contribution is 7.90. The number of sulfonamides is 1. The number of carbonyl (C=O) groups excluding carboxylic acids is 3. The van der Waals surface area contributed by atoms with Gasteiger partial charge in [0.1, 0.15) is 6.04 Å². The molecular formula is C34H50N4O5S. The van der Waals surface area contributed by atoms with Crippen molar-refractivity contribution < 1.29 is 22.8 Å². The summed E-state index contributed by atoms with van der Waals surface area (Å²) >= 11 is 0. The molecule has 10 heteroatoms. The van der Waals surface area contributed by atoms with Crippen molar-refractivity contribution in [1.29, 1.82) is 0 Å². The summed E-state index contributed by atoms with van der Waals surface area (Å²) in [5.41, 5.74) is 0.800. The maximum absolute atomic E-state index is 14.1. The van der Waals surface area contributed by atoms with Crippen molar-refractivity contribution >= 4 is 27.7 Å². The predicted molar refractivity (Wildman–Crippen MR) is 175 cm³/mol. The van der Waals surface area contributed by atoms with E-state index in [1.54, 1.807) is 32.3 Å². The number of hydrogen-bond acceptors (Lipinski definition) is 6. The topological polar surface area (TPSA) is 125 Å². The minimum atomic E-state index is -4.08. The van der Waals surface area contributed by atoms with E-state index in [9.17, 15) is 22.8 Å². The first-order valence-electron chi connectivity index (χ1n) is 14.9. The van der Waals surface area contributed by atoms with Crippen molar-refractivity contribution in [2.24, 2.45) is 11.3 Å². The molecule has 0 radical (unpaired) electrons. The van der Waals surface area contributed by atoms with Gasteiger partial charge in [0.2, 0.25) is 11.8 Å². The number of likely N-dealkylation sites (N-methyl/N-ethyl adjacent to an activating group) is 2. The Morgan fingerprint density at radius 1 is 0.886 bits per heavy atom. The lowest BCUT2D eigenvalue weighted by molar-refractivity contribution is -0.140. The van der Waals surface area contributed by atoms with Crippen molar-refractivity contribution in [2.75, 3.05) is 14.1 Å². The minimum Gasteiger partial charge on any atom is -0.342 e. The first-order valence-corrected chi connectivity index (χ1v) is 16.3. The standard InChI is InChI=1S/C34H50N4O5S/c1-22(2)27(21-24(4)30(39)37-44(42,43)26-19-17-23(3)18-20-26)38(11)32(41)29(33(5,6)7)36-31(40)28(35-10)34(8,9)25-15-13-12-14-16-25/h12-22,27-29,35H,1-11H3,(H,36,40)(H,37,39)/b24-21+. The van der Waals surface area contributed by atoms with E-state index in [0.29, 0.717) is 0 Å². The van der Waals surface area contributed by atoms with E-state index in [0.717, 1.165) is 11.1 Å². The van der Waals surface area contributed by atoms with Gasteiger partial charge >= 0.3 is 0 Å². The number of carbonyl (C=O) groups is 3. The van der Waals surface area contributed by atoms with E-state index in [1.165, 1.54) is 24.0 Å². The second-order valence-electron chi connectivity index (χ2n) is 13.4. The number of hydrogen-bond donors (Lipinski definition) is 3. The Morgan fingerprint density at radius 2 is 1.43 bits per heavy atom. The summed E-state index contributed by atoms with van der Waals surface area (Å²) < 4.78 is 27.7. The SMILES string of the molecule is CNC(C(=O)NC(C(=O)N(C)C(/C=C(\C)C(=O)NS(=O)(=O)c1ccc(C)cc1)C(C)C)C(C)(C)C)C(C)(C)c1ccccc1. The number of aryl methyl sites for hydroxylation is 1. The molecule has 0 saturated carbocycles. The summed E-state index contributed by atoms with van der Waals surface area (Å²) in [6.07, 6.45) is 1.60. The molecule has 2 aromatic rings. The third kappa shape index (κ3) is 9.01. The molecule has 9 nitrogen and oxygen atoms in total. The highest BCUT2D eigenvalue weighted by atomic mass is 32.2. The van der Waals surface area contributed by atoms with Gasteiger partial charge in [0.05, 0.1) is 17.0 Å². The average molecular weight is 627 g/mol. The molecule has 3 N–H and O–H groups in total. The Hall–Kier alpha value is -3.50. The van der Waals surface area contributed by atoms with Crippen LogP contribution >= 0.6 is 0 Å². The first kappa shape index (κ1) is 36.7. The Balaban J connectivity index is 2.33. The molecule has 0 aliphatic carbocycles. The van der Waals surface area contributed by atoms with Crippen molar-refractivity contribution in [2.45, 2.75) is 90.7 Å². The second-order valence-corrected chi connectivity index (χ2v) is 15.1. The van der Waals surface area contributed by atoms with Crippen LogP contribution in [0, 0.1) is 18.3 Å². The Morgan fingerprint density at radius 3 is 1.91 bits per heavy atom. The minimum absolute atomic E-state index is 0.0176. The summed E-state index contributed by atoms with van der Waals surface area (Å²) in [5.74, 6) is -1.54. The highest BCUT2D eigenvalue weighted by Gasteiger charge is 2.41.